The van der Waals surface area contributed by atoms with Gasteiger partial charge in [-0.1, -0.05) is 12.1 Å². The van der Waals surface area contributed by atoms with Gasteiger partial charge in [0.1, 0.15) is 17.2 Å². The molecule has 3 aromatic rings. The van der Waals surface area contributed by atoms with Crippen molar-refractivity contribution in [2.24, 2.45) is 0 Å². The van der Waals surface area contributed by atoms with Gasteiger partial charge in [-0.25, -0.2) is 9.97 Å². The number of likely N-dealkylation sites (tertiary alicyclic amines) is 1. The Labute approximate surface area is 143 Å². The van der Waals surface area contributed by atoms with Crippen LogP contribution in [0.2, 0.25) is 0 Å². The minimum atomic E-state index is 0.0466. The lowest BCUT2D eigenvalue weighted by molar-refractivity contribution is -0.127. The number of amides is 1. The highest BCUT2D eigenvalue weighted by Crippen LogP contribution is 2.25. The predicted octanol–water partition coefficient (Wildman–Crippen LogP) is 2.83. The first-order valence-electron chi connectivity index (χ1n) is 7.97. The van der Waals surface area contributed by atoms with Gasteiger partial charge in [-0.05, 0) is 31.1 Å². The van der Waals surface area contributed by atoms with Gasteiger partial charge in [-0.15, -0.1) is 11.3 Å². The molecule has 122 valence electrons. The summed E-state index contributed by atoms with van der Waals surface area (Å²) in [6, 6.07) is 8.00. The Bertz CT molecular complexity index is 829. The van der Waals surface area contributed by atoms with Crippen molar-refractivity contribution >= 4 is 33.5 Å². The first-order valence-corrected chi connectivity index (χ1v) is 8.79. The summed E-state index contributed by atoms with van der Waals surface area (Å²) >= 11 is 1.60. The van der Waals surface area contributed by atoms with Crippen LogP contribution >= 0.6 is 11.3 Å². The molecule has 0 spiro atoms. The van der Waals surface area contributed by atoms with E-state index in [1.165, 1.54) is 6.33 Å². The number of hydrogen-bond acceptors (Lipinski definition) is 5. The average molecular weight is 339 g/mol. The lowest BCUT2D eigenvalue weighted by Gasteiger charge is -2.30. The van der Waals surface area contributed by atoms with Crippen LogP contribution in [0.1, 0.15) is 29.6 Å². The van der Waals surface area contributed by atoms with E-state index < -0.39 is 0 Å². The fourth-order valence-electron chi connectivity index (χ4n) is 2.99. The van der Waals surface area contributed by atoms with Crippen LogP contribution in [0.15, 0.2) is 36.7 Å². The zero-order valence-corrected chi connectivity index (χ0v) is 13.9. The number of nitrogens with one attached hydrogen (secondary N) is 1. The zero-order chi connectivity index (χ0) is 16.4. The molecule has 0 aliphatic carbocycles. The predicted molar refractivity (Wildman–Crippen MR) is 93.6 cm³/mol. The molecule has 4 rings (SSSR count). The van der Waals surface area contributed by atoms with Gasteiger partial charge >= 0.3 is 0 Å². The van der Waals surface area contributed by atoms with Crippen LogP contribution in [0.5, 0.6) is 0 Å². The number of carbonyl (C=O) groups excluding carboxylic acids is 1. The Hall–Kier alpha value is -2.54. The third-order valence-electron chi connectivity index (χ3n) is 4.31. The summed E-state index contributed by atoms with van der Waals surface area (Å²) < 4.78 is 1.14. The fourth-order valence-corrected chi connectivity index (χ4v) is 3.86. The highest BCUT2D eigenvalue weighted by molar-refractivity contribution is 7.19. The minimum Gasteiger partial charge on any atom is -0.339 e. The maximum Gasteiger partial charge on any atom is 0.246 e. The number of H-pyrrole nitrogens is 1. The number of aromatic nitrogens is 4. The van der Waals surface area contributed by atoms with E-state index >= 15 is 0 Å². The summed E-state index contributed by atoms with van der Waals surface area (Å²) in [5, 5.41) is 7.69. The van der Waals surface area contributed by atoms with Crippen molar-refractivity contribution in [3.8, 4) is 0 Å². The number of hydrogen-bond donors (Lipinski definition) is 1. The first kappa shape index (κ1) is 15.0. The number of fused-ring (bicyclic) bond motifs is 1. The number of para-hydroxylation sites is 1. The second-order valence-electron chi connectivity index (χ2n) is 5.82. The average Bonchev–Trinajstić information content (AvgIpc) is 3.29. The summed E-state index contributed by atoms with van der Waals surface area (Å²) in [4.78, 5) is 23.0. The second kappa shape index (κ2) is 6.52. The molecule has 7 heteroatoms. The summed E-state index contributed by atoms with van der Waals surface area (Å²) in [6.07, 6.45) is 6.81. The van der Waals surface area contributed by atoms with E-state index in [-0.39, 0.29) is 5.91 Å². The van der Waals surface area contributed by atoms with E-state index in [1.54, 1.807) is 17.4 Å². The van der Waals surface area contributed by atoms with Gasteiger partial charge in [-0.2, -0.15) is 5.10 Å². The number of carbonyl (C=O) groups is 1. The van der Waals surface area contributed by atoms with Crippen LogP contribution in [0.25, 0.3) is 16.3 Å². The highest BCUT2D eigenvalue weighted by atomic mass is 32.1. The molecule has 1 amide bonds. The van der Waals surface area contributed by atoms with Gasteiger partial charge in [-0.3, -0.25) is 9.89 Å². The smallest absolute Gasteiger partial charge is 0.246 e. The highest BCUT2D eigenvalue weighted by Gasteiger charge is 2.24. The van der Waals surface area contributed by atoms with Crippen LogP contribution in [0.4, 0.5) is 0 Å². The summed E-state index contributed by atoms with van der Waals surface area (Å²) in [5.41, 5.74) is 0.975. The van der Waals surface area contributed by atoms with E-state index in [0.717, 1.165) is 47.0 Å². The quantitative estimate of drug-likeness (QED) is 0.745. The Morgan fingerprint density at radius 2 is 2.12 bits per heavy atom. The van der Waals surface area contributed by atoms with E-state index in [4.69, 9.17) is 0 Å². The second-order valence-corrected chi connectivity index (χ2v) is 6.89. The molecule has 1 saturated heterocycles. The summed E-state index contributed by atoms with van der Waals surface area (Å²) in [5.74, 6) is 1.34. The van der Waals surface area contributed by atoms with Crippen LogP contribution in [0, 0.1) is 0 Å². The number of thiazole rings is 1. The van der Waals surface area contributed by atoms with Crippen molar-refractivity contribution in [3.63, 3.8) is 0 Å². The van der Waals surface area contributed by atoms with Crippen LogP contribution in [-0.4, -0.2) is 44.1 Å². The number of rotatable bonds is 3. The molecule has 1 aromatic carbocycles. The van der Waals surface area contributed by atoms with Gasteiger partial charge in [0, 0.05) is 25.1 Å². The van der Waals surface area contributed by atoms with Crippen LogP contribution in [-0.2, 0) is 4.79 Å². The number of nitrogens with zero attached hydrogens (tertiary/aromatic N) is 4. The van der Waals surface area contributed by atoms with Crippen molar-refractivity contribution in [1.82, 2.24) is 25.1 Å². The van der Waals surface area contributed by atoms with Crippen LogP contribution < -0.4 is 0 Å². The molecule has 0 bridgehead atoms. The maximum atomic E-state index is 12.4. The SMILES string of the molecule is O=C(C=Cc1nc2ccccc2s1)N1CCC(c2ncn[nH]2)CC1. The van der Waals surface area contributed by atoms with Crippen molar-refractivity contribution in [1.29, 1.82) is 0 Å². The molecule has 1 aliphatic rings. The van der Waals surface area contributed by atoms with Gasteiger partial charge in [0.05, 0.1) is 10.2 Å². The molecule has 24 heavy (non-hydrogen) atoms. The molecule has 1 fully saturated rings. The lowest BCUT2D eigenvalue weighted by Crippen LogP contribution is -2.37. The third-order valence-corrected chi connectivity index (χ3v) is 5.31. The Balaban J connectivity index is 1.38. The van der Waals surface area contributed by atoms with Crippen molar-refractivity contribution < 1.29 is 4.79 Å². The number of benzene rings is 1. The van der Waals surface area contributed by atoms with Gasteiger partial charge in [0.25, 0.3) is 0 Å². The standard InChI is InChI=1S/C17H17N5OS/c23-16(6-5-15-20-13-3-1-2-4-14(13)24-15)22-9-7-12(8-10-22)17-18-11-19-21-17/h1-6,11-12H,7-10H2,(H,18,19,21). The van der Waals surface area contributed by atoms with Gasteiger partial charge in [0.2, 0.25) is 5.91 Å². The molecule has 1 aliphatic heterocycles. The fraction of sp³-hybridized carbons (Fsp3) is 0.294. The molecule has 2 aromatic heterocycles. The van der Waals surface area contributed by atoms with Crippen molar-refractivity contribution in [2.75, 3.05) is 13.1 Å². The molecule has 0 radical (unpaired) electrons. The molecule has 3 heterocycles. The Morgan fingerprint density at radius 1 is 1.29 bits per heavy atom. The summed E-state index contributed by atoms with van der Waals surface area (Å²) in [7, 11) is 0. The number of aromatic amines is 1. The van der Waals surface area contributed by atoms with Gasteiger partial charge in [0.15, 0.2) is 0 Å². The molecule has 6 nitrogen and oxygen atoms in total. The molecule has 1 N–H and O–H groups in total. The van der Waals surface area contributed by atoms with Gasteiger partial charge < -0.3 is 4.90 Å². The van der Waals surface area contributed by atoms with E-state index in [0.29, 0.717) is 5.92 Å². The van der Waals surface area contributed by atoms with E-state index in [9.17, 15) is 4.79 Å². The largest absolute Gasteiger partial charge is 0.339 e. The molecular weight excluding hydrogens is 322 g/mol. The Morgan fingerprint density at radius 3 is 2.88 bits per heavy atom. The minimum absolute atomic E-state index is 0.0466. The molecular formula is C17H17N5OS. The van der Waals surface area contributed by atoms with Crippen LogP contribution in [0.3, 0.4) is 0 Å². The maximum absolute atomic E-state index is 12.4. The van der Waals surface area contributed by atoms with E-state index in [2.05, 4.69) is 20.2 Å². The summed E-state index contributed by atoms with van der Waals surface area (Å²) in [6.45, 7) is 1.49. The van der Waals surface area contributed by atoms with E-state index in [1.807, 2.05) is 35.2 Å². The third kappa shape index (κ3) is 3.07. The first-order chi connectivity index (χ1) is 11.8. The zero-order valence-electron chi connectivity index (χ0n) is 13.1. The Kier molecular flexibility index (Phi) is 4.08. The normalized spacial score (nSPS) is 16.2. The topological polar surface area (TPSA) is 74.8 Å². The lowest BCUT2D eigenvalue weighted by atomic mass is 9.96. The monoisotopic (exact) mass is 339 g/mol. The molecule has 0 saturated carbocycles. The molecule has 0 atom stereocenters. The number of piperidine rings is 1. The van der Waals surface area contributed by atoms with Crippen molar-refractivity contribution in [2.45, 2.75) is 18.8 Å². The molecule has 0 unspecified atom stereocenters. The van der Waals surface area contributed by atoms with Crippen molar-refractivity contribution in [3.05, 3.63) is 47.5 Å².